The summed E-state index contributed by atoms with van der Waals surface area (Å²) >= 11 is 0. The normalized spacial score (nSPS) is 14.7. The SMILES string of the molecule is COc1ccc(CCNC(=O)C(=O)N/N=C\c2ccc(OCC(=O)NC[C@H]3CCCO3)cc2)cc1OC. The highest BCUT2D eigenvalue weighted by Gasteiger charge is 2.16. The van der Waals surface area contributed by atoms with E-state index in [2.05, 4.69) is 21.2 Å². The highest BCUT2D eigenvalue weighted by Crippen LogP contribution is 2.27. The summed E-state index contributed by atoms with van der Waals surface area (Å²) in [6.45, 7) is 1.39. The van der Waals surface area contributed by atoms with Gasteiger partial charge in [0, 0.05) is 19.7 Å². The van der Waals surface area contributed by atoms with E-state index in [9.17, 15) is 14.4 Å². The van der Waals surface area contributed by atoms with E-state index in [4.69, 9.17) is 18.9 Å². The summed E-state index contributed by atoms with van der Waals surface area (Å²) in [7, 11) is 3.10. The Bertz CT molecular complexity index is 1080. The van der Waals surface area contributed by atoms with Gasteiger partial charge in [0.25, 0.3) is 5.91 Å². The van der Waals surface area contributed by atoms with Gasteiger partial charge in [0.05, 0.1) is 26.5 Å². The quantitative estimate of drug-likeness (QED) is 0.221. The number of hydrogen-bond acceptors (Lipinski definition) is 8. The van der Waals surface area contributed by atoms with E-state index >= 15 is 0 Å². The fourth-order valence-electron chi connectivity index (χ4n) is 3.54. The van der Waals surface area contributed by atoms with Crippen LogP contribution in [0.2, 0.25) is 0 Å². The number of nitrogens with one attached hydrogen (secondary N) is 3. The third-order valence-corrected chi connectivity index (χ3v) is 5.53. The van der Waals surface area contributed by atoms with E-state index in [1.54, 1.807) is 44.6 Å². The zero-order valence-corrected chi connectivity index (χ0v) is 21.0. The predicted molar refractivity (Wildman–Crippen MR) is 136 cm³/mol. The minimum Gasteiger partial charge on any atom is -0.493 e. The summed E-state index contributed by atoms with van der Waals surface area (Å²) in [6, 6.07) is 12.2. The molecule has 0 unspecified atom stereocenters. The van der Waals surface area contributed by atoms with E-state index in [1.807, 2.05) is 12.1 Å². The standard InChI is InChI=1S/C26H32N4O7/c1-34-22-10-7-18(14-23(22)35-2)11-12-27-25(32)26(33)30-29-15-19-5-8-20(9-6-19)37-17-24(31)28-16-21-4-3-13-36-21/h5-10,14-15,21H,3-4,11-13,16-17H2,1-2H3,(H,27,32)(H,28,31)(H,30,33)/b29-15-/t21-/m1/s1. The Labute approximate surface area is 215 Å². The van der Waals surface area contributed by atoms with Crippen molar-refractivity contribution in [1.29, 1.82) is 0 Å². The molecular formula is C26H32N4O7. The van der Waals surface area contributed by atoms with Crippen LogP contribution in [0.4, 0.5) is 0 Å². The first-order valence-corrected chi connectivity index (χ1v) is 11.9. The average molecular weight is 513 g/mol. The summed E-state index contributed by atoms with van der Waals surface area (Å²) < 4.78 is 21.4. The van der Waals surface area contributed by atoms with Gasteiger partial charge >= 0.3 is 11.8 Å². The van der Waals surface area contributed by atoms with Crippen LogP contribution >= 0.6 is 0 Å². The van der Waals surface area contributed by atoms with Crippen molar-refractivity contribution in [2.45, 2.75) is 25.4 Å². The van der Waals surface area contributed by atoms with Gasteiger partial charge in [-0.05, 0) is 66.8 Å². The molecular weight excluding hydrogens is 480 g/mol. The number of carbonyl (C=O) groups is 3. The number of amides is 3. The van der Waals surface area contributed by atoms with Crippen molar-refractivity contribution in [2.24, 2.45) is 5.10 Å². The summed E-state index contributed by atoms with van der Waals surface area (Å²) in [5.41, 5.74) is 3.78. The molecule has 1 aliphatic rings. The highest BCUT2D eigenvalue weighted by molar-refractivity contribution is 6.35. The zero-order chi connectivity index (χ0) is 26.5. The van der Waals surface area contributed by atoms with Crippen LogP contribution < -0.4 is 30.3 Å². The fourth-order valence-corrected chi connectivity index (χ4v) is 3.54. The Hall–Kier alpha value is -4.12. The van der Waals surface area contributed by atoms with Crippen molar-refractivity contribution < 1.29 is 33.3 Å². The molecule has 2 aromatic carbocycles. The number of hydrazone groups is 1. The van der Waals surface area contributed by atoms with Gasteiger partial charge in [-0.2, -0.15) is 5.10 Å². The first-order chi connectivity index (χ1) is 18.0. The minimum absolute atomic E-state index is 0.0815. The van der Waals surface area contributed by atoms with Crippen molar-refractivity contribution in [3.8, 4) is 17.2 Å². The first-order valence-electron chi connectivity index (χ1n) is 11.9. The van der Waals surface area contributed by atoms with Crippen LogP contribution in [0.3, 0.4) is 0 Å². The van der Waals surface area contributed by atoms with Crippen LogP contribution in [-0.2, 0) is 25.5 Å². The topological polar surface area (TPSA) is 137 Å². The number of benzene rings is 2. The predicted octanol–water partition coefficient (Wildman–Crippen LogP) is 1.19. The van der Waals surface area contributed by atoms with Crippen molar-refractivity contribution >= 4 is 23.9 Å². The fraction of sp³-hybridized carbons (Fsp3) is 0.385. The van der Waals surface area contributed by atoms with Gasteiger partial charge in [-0.15, -0.1) is 0 Å². The number of nitrogens with zero attached hydrogens (tertiary/aromatic N) is 1. The van der Waals surface area contributed by atoms with Crippen LogP contribution in [0, 0.1) is 0 Å². The van der Waals surface area contributed by atoms with Gasteiger partial charge in [0.15, 0.2) is 18.1 Å². The number of carbonyl (C=O) groups excluding carboxylic acids is 3. The molecule has 11 nitrogen and oxygen atoms in total. The molecule has 0 radical (unpaired) electrons. The molecule has 1 heterocycles. The molecule has 0 saturated carbocycles. The van der Waals surface area contributed by atoms with Crippen LogP contribution in [0.15, 0.2) is 47.6 Å². The van der Waals surface area contributed by atoms with Crippen molar-refractivity contribution in [3.63, 3.8) is 0 Å². The molecule has 1 fully saturated rings. The van der Waals surface area contributed by atoms with Gasteiger partial charge in [-0.3, -0.25) is 14.4 Å². The van der Waals surface area contributed by atoms with Crippen LogP contribution in [0.25, 0.3) is 0 Å². The second kappa shape index (κ2) is 14.4. The molecule has 1 aliphatic heterocycles. The lowest BCUT2D eigenvalue weighted by Gasteiger charge is -2.11. The third kappa shape index (κ3) is 9.12. The Balaban J connectivity index is 1.34. The zero-order valence-electron chi connectivity index (χ0n) is 21.0. The smallest absolute Gasteiger partial charge is 0.329 e. The van der Waals surface area contributed by atoms with Gasteiger partial charge in [0.1, 0.15) is 5.75 Å². The maximum atomic E-state index is 12.0. The molecule has 3 rings (SSSR count). The van der Waals surface area contributed by atoms with E-state index in [1.165, 1.54) is 6.21 Å². The van der Waals surface area contributed by atoms with E-state index in [-0.39, 0.29) is 25.2 Å². The van der Waals surface area contributed by atoms with Crippen molar-refractivity contribution in [3.05, 3.63) is 53.6 Å². The highest BCUT2D eigenvalue weighted by atomic mass is 16.5. The Kier molecular flexibility index (Phi) is 10.7. The summed E-state index contributed by atoms with van der Waals surface area (Å²) in [5.74, 6) is -0.166. The van der Waals surface area contributed by atoms with Crippen LogP contribution in [0.1, 0.15) is 24.0 Å². The summed E-state index contributed by atoms with van der Waals surface area (Å²) in [5, 5.41) is 9.14. The molecule has 0 aliphatic carbocycles. The second-order valence-corrected chi connectivity index (χ2v) is 8.19. The lowest BCUT2D eigenvalue weighted by molar-refractivity contribution is -0.139. The molecule has 0 bridgehead atoms. The molecule has 3 amide bonds. The summed E-state index contributed by atoms with van der Waals surface area (Å²) in [4.78, 5) is 35.8. The molecule has 11 heteroatoms. The van der Waals surface area contributed by atoms with Crippen molar-refractivity contribution in [1.82, 2.24) is 16.1 Å². The molecule has 1 atom stereocenters. The number of hydrogen-bond donors (Lipinski definition) is 3. The lowest BCUT2D eigenvalue weighted by atomic mass is 10.1. The molecule has 0 aromatic heterocycles. The molecule has 198 valence electrons. The maximum Gasteiger partial charge on any atom is 0.329 e. The molecule has 2 aromatic rings. The first kappa shape index (κ1) is 27.5. The average Bonchev–Trinajstić information content (AvgIpc) is 3.45. The number of methoxy groups -OCH3 is 2. The summed E-state index contributed by atoms with van der Waals surface area (Å²) in [6.07, 6.45) is 3.96. The van der Waals surface area contributed by atoms with Crippen LogP contribution in [0.5, 0.6) is 17.2 Å². The van der Waals surface area contributed by atoms with Gasteiger partial charge < -0.3 is 29.6 Å². The third-order valence-electron chi connectivity index (χ3n) is 5.53. The Morgan fingerprint density at radius 3 is 2.51 bits per heavy atom. The van der Waals surface area contributed by atoms with E-state index in [0.717, 1.165) is 25.0 Å². The molecule has 1 saturated heterocycles. The van der Waals surface area contributed by atoms with E-state index < -0.39 is 11.8 Å². The number of rotatable bonds is 12. The number of ether oxygens (including phenoxy) is 4. The van der Waals surface area contributed by atoms with E-state index in [0.29, 0.717) is 35.8 Å². The van der Waals surface area contributed by atoms with Crippen LogP contribution in [-0.4, -0.2) is 70.6 Å². The lowest BCUT2D eigenvalue weighted by Crippen LogP contribution is -2.38. The monoisotopic (exact) mass is 512 g/mol. The minimum atomic E-state index is -0.877. The van der Waals surface area contributed by atoms with Gasteiger partial charge in [-0.25, -0.2) is 5.43 Å². The Morgan fingerprint density at radius 2 is 1.81 bits per heavy atom. The molecule has 3 N–H and O–H groups in total. The second-order valence-electron chi connectivity index (χ2n) is 8.19. The molecule has 37 heavy (non-hydrogen) atoms. The Morgan fingerprint density at radius 1 is 1.03 bits per heavy atom. The van der Waals surface area contributed by atoms with Crippen molar-refractivity contribution in [2.75, 3.05) is 40.5 Å². The largest absolute Gasteiger partial charge is 0.493 e. The van der Waals surface area contributed by atoms with Gasteiger partial charge in [0.2, 0.25) is 0 Å². The maximum absolute atomic E-state index is 12.0. The molecule has 0 spiro atoms. The van der Waals surface area contributed by atoms with Gasteiger partial charge in [-0.1, -0.05) is 6.07 Å².